The van der Waals surface area contributed by atoms with Crippen LogP contribution in [0.4, 0.5) is 11.4 Å². The molecule has 0 heterocycles. The molecule has 0 unspecified atom stereocenters. The van der Waals surface area contributed by atoms with Gasteiger partial charge in [0.25, 0.3) is 0 Å². The van der Waals surface area contributed by atoms with E-state index in [9.17, 15) is 4.79 Å². The molecule has 106 valence electrons. The molecule has 0 spiro atoms. The van der Waals surface area contributed by atoms with Crippen molar-refractivity contribution in [3.05, 3.63) is 23.8 Å². The van der Waals surface area contributed by atoms with Crippen LogP contribution in [-0.2, 0) is 0 Å². The molecule has 4 heteroatoms. The van der Waals surface area contributed by atoms with Gasteiger partial charge in [-0.1, -0.05) is 26.7 Å². The molecule has 0 atom stereocenters. The molecule has 0 bridgehead atoms. The largest absolute Gasteiger partial charge is 0.478 e. The Morgan fingerprint density at radius 3 is 2.26 bits per heavy atom. The fourth-order valence-electron chi connectivity index (χ4n) is 2.00. The minimum absolute atomic E-state index is 0.294. The maximum atomic E-state index is 11.1. The van der Waals surface area contributed by atoms with Crippen molar-refractivity contribution >= 4 is 17.3 Å². The van der Waals surface area contributed by atoms with Crippen LogP contribution in [0.2, 0.25) is 0 Å². The van der Waals surface area contributed by atoms with Gasteiger partial charge in [-0.2, -0.15) is 0 Å². The first-order valence-electron chi connectivity index (χ1n) is 6.97. The molecule has 0 aliphatic carbocycles. The van der Waals surface area contributed by atoms with Gasteiger partial charge in [-0.15, -0.1) is 0 Å². The Morgan fingerprint density at radius 2 is 1.79 bits per heavy atom. The molecule has 1 rings (SSSR count). The summed E-state index contributed by atoms with van der Waals surface area (Å²) in [4.78, 5) is 13.3. The summed E-state index contributed by atoms with van der Waals surface area (Å²) in [5.41, 5.74) is 7.79. The summed E-state index contributed by atoms with van der Waals surface area (Å²) >= 11 is 0. The van der Waals surface area contributed by atoms with E-state index < -0.39 is 5.97 Å². The maximum absolute atomic E-state index is 11.1. The number of nitrogens with zero attached hydrogens (tertiary/aromatic N) is 1. The predicted molar refractivity (Wildman–Crippen MR) is 79.8 cm³/mol. The van der Waals surface area contributed by atoms with Crippen molar-refractivity contribution in [3.63, 3.8) is 0 Å². The van der Waals surface area contributed by atoms with Crippen molar-refractivity contribution in [2.24, 2.45) is 0 Å². The highest BCUT2D eigenvalue weighted by Gasteiger charge is 2.12. The molecule has 0 amide bonds. The molecule has 0 aliphatic heterocycles. The topological polar surface area (TPSA) is 66.6 Å². The van der Waals surface area contributed by atoms with E-state index >= 15 is 0 Å². The predicted octanol–water partition coefficient (Wildman–Crippen LogP) is 3.37. The van der Waals surface area contributed by atoms with Gasteiger partial charge in [-0.05, 0) is 31.0 Å². The number of rotatable bonds is 8. The van der Waals surface area contributed by atoms with Crippen molar-refractivity contribution in [2.45, 2.75) is 39.5 Å². The first kappa shape index (κ1) is 15.3. The lowest BCUT2D eigenvalue weighted by molar-refractivity contribution is 0.0697. The van der Waals surface area contributed by atoms with Crippen LogP contribution in [0.15, 0.2) is 18.2 Å². The van der Waals surface area contributed by atoms with Crippen LogP contribution in [-0.4, -0.2) is 24.2 Å². The zero-order valence-corrected chi connectivity index (χ0v) is 11.9. The molecule has 0 saturated heterocycles. The number of hydrogen-bond donors (Lipinski definition) is 2. The standard InChI is InChI=1S/C15H24N2O2/c1-3-5-9-17(10-6-4-2)14-11-12(15(18)19)7-8-13(14)16/h7-8,11H,3-6,9-10,16H2,1-2H3,(H,18,19). The van der Waals surface area contributed by atoms with Crippen molar-refractivity contribution < 1.29 is 9.90 Å². The Kier molecular flexibility index (Phi) is 6.19. The van der Waals surface area contributed by atoms with Gasteiger partial charge in [0, 0.05) is 13.1 Å². The Bertz CT molecular complexity index is 411. The van der Waals surface area contributed by atoms with Gasteiger partial charge in [0.2, 0.25) is 0 Å². The first-order chi connectivity index (χ1) is 9.10. The number of carbonyl (C=O) groups is 1. The van der Waals surface area contributed by atoms with Crippen molar-refractivity contribution in [1.29, 1.82) is 0 Å². The van der Waals surface area contributed by atoms with Crippen LogP contribution in [0.3, 0.4) is 0 Å². The van der Waals surface area contributed by atoms with Crippen LogP contribution in [0, 0.1) is 0 Å². The number of carboxylic acids is 1. The summed E-state index contributed by atoms with van der Waals surface area (Å²) in [6.45, 7) is 6.14. The van der Waals surface area contributed by atoms with Crippen molar-refractivity contribution in [2.75, 3.05) is 23.7 Å². The van der Waals surface area contributed by atoms with Gasteiger partial charge in [-0.3, -0.25) is 0 Å². The second-order valence-electron chi connectivity index (χ2n) is 4.77. The summed E-state index contributed by atoms with van der Waals surface area (Å²) in [5, 5.41) is 9.07. The van der Waals surface area contributed by atoms with Crippen LogP contribution in [0.5, 0.6) is 0 Å². The summed E-state index contributed by atoms with van der Waals surface area (Å²) in [7, 11) is 0. The molecule has 19 heavy (non-hydrogen) atoms. The maximum Gasteiger partial charge on any atom is 0.335 e. The molecule has 4 nitrogen and oxygen atoms in total. The van der Waals surface area contributed by atoms with Crippen molar-refractivity contribution in [1.82, 2.24) is 0 Å². The van der Waals surface area contributed by atoms with Crippen LogP contribution in [0.1, 0.15) is 49.9 Å². The van der Waals surface area contributed by atoms with E-state index in [0.717, 1.165) is 44.5 Å². The van der Waals surface area contributed by atoms with Crippen LogP contribution in [0.25, 0.3) is 0 Å². The monoisotopic (exact) mass is 264 g/mol. The molecule has 1 aromatic rings. The fourth-order valence-corrected chi connectivity index (χ4v) is 2.00. The lowest BCUT2D eigenvalue weighted by Crippen LogP contribution is -2.26. The number of nitrogens with two attached hydrogens (primary N) is 1. The van der Waals surface area contributed by atoms with E-state index in [1.54, 1.807) is 18.2 Å². The minimum atomic E-state index is -0.910. The molecular formula is C15H24N2O2. The number of benzene rings is 1. The minimum Gasteiger partial charge on any atom is -0.478 e. The Balaban J connectivity index is 2.97. The van der Waals surface area contributed by atoms with E-state index in [1.807, 2.05) is 0 Å². The third-order valence-electron chi connectivity index (χ3n) is 3.18. The highest BCUT2D eigenvalue weighted by atomic mass is 16.4. The highest BCUT2D eigenvalue weighted by molar-refractivity contribution is 5.90. The van der Waals surface area contributed by atoms with Gasteiger partial charge >= 0.3 is 5.97 Å². The second kappa shape index (κ2) is 7.67. The van der Waals surface area contributed by atoms with Crippen LogP contribution < -0.4 is 10.6 Å². The van der Waals surface area contributed by atoms with E-state index in [4.69, 9.17) is 10.8 Å². The number of aromatic carboxylic acids is 1. The summed E-state index contributed by atoms with van der Waals surface area (Å²) < 4.78 is 0. The lowest BCUT2D eigenvalue weighted by Gasteiger charge is -2.26. The Morgan fingerprint density at radius 1 is 1.21 bits per heavy atom. The van der Waals surface area contributed by atoms with E-state index in [-0.39, 0.29) is 0 Å². The Labute approximate surface area is 115 Å². The number of anilines is 2. The number of nitrogen functional groups attached to an aromatic ring is 1. The molecule has 0 saturated carbocycles. The van der Waals surface area contributed by atoms with Crippen molar-refractivity contribution in [3.8, 4) is 0 Å². The first-order valence-corrected chi connectivity index (χ1v) is 6.97. The summed E-state index contributed by atoms with van der Waals surface area (Å²) in [6, 6.07) is 4.92. The SMILES string of the molecule is CCCCN(CCCC)c1cc(C(=O)O)ccc1N. The smallest absolute Gasteiger partial charge is 0.335 e. The van der Waals surface area contributed by atoms with Gasteiger partial charge in [-0.25, -0.2) is 4.79 Å². The Hall–Kier alpha value is -1.71. The quantitative estimate of drug-likeness (QED) is 0.706. The van der Waals surface area contributed by atoms with Gasteiger partial charge in [0.1, 0.15) is 0 Å². The van der Waals surface area contributed by atoms with E-state index in [2.05, 4.69) is 18.7 Å². The zero-order valence-electron chi connectivity index (χ0n) is 11.9. The summed E-state index contributed by atoms with van der Waals surface area (Å²) in [5.74, 6) is -0.910. The molecule has 3 N–H and O–H groups in total. The molecule has 1 aromatic carbocycles. The summed E-state index contributed by atoms with van der Waals surface area (Å²) in [6.07, 6.45) is 4.39. The average Bonchev–Trinajstić information content (AvgIpc) is 2.40. The third-order valence-corrected chi connectivity index (χ3v) is 3.18. The van der Waals surface area contributed by atoms with E-state index in [0.29, 0.717) is 11.3 Å². The normalized spacial score (nSPS) is 10.4. The van der Waals surface area contributed by atoms with E-state index in [1.165, 1.54) is 0 Å². The molecule has 0 fully saturated rings. The molecule has 0 radical (unpaired) electrons. The number of carboxylic acid groups (broad SMARTS) is 1. The van der Waals surface area contributed by atoms with Crippen LogP contribution >= 0.6 is 0 Å². The molecular weight excluding hydrogens is 240 g/mol. The third kappa shape index (κ3) is 4.47. The number of unbranched alkanes of at least 4 members (excludes halogenated alkanes) is 2. The molecule has 0 aromatic heterocycles. The zero-order chi connectivity index (χ0) is 14.3. The van der Waals surface area contributed by atoms with Gasteiger partial charge < -0.3 is 15.7 Å². The average molecular weight is 264 g/mol. The second-order valence-corrected chi connectivity index (χ2v) is 4.77. The van der Waals surface area contributed by atoms with Gasteiger partial charge in [0.15, 0.2) is 0 Å². The van der Waals surface area contributed by atoms with Gasteiger partial charge in [0.05, 0.1) is 16.9 Å². The fraction of sp³-hybridized carbons (Fsp3) is 0.533. The lowest BCUT2D eigenvalue weighted by atomic mass is 10.1. The molecule has 0 aliphatic rings. The number of hydrogen-bond acceptors (Lipinski definition) is 3. The highest BCUT2D eigenvalue weighted by Crippen LogP contribution is 2.25.